The lowest BCUT2D eigenvalue weighted by Gasteiger charge is -2.50. The van der Waals surface area contributed by atoms with Crippen LogP contribution in [0.5, 0.6) is 11.5 Å². The van der Waals surface area contributed by atoms with E-state index in [0.717, 1.165) is 43.3 Å². The number of halogens is 1. The van der Waals surface area contributed by atoms with Crippen LogP contribution in [0.2, 0.25) is 5.02 Å². The number of nitrogens with one attached hydrogen (secondary N) is 2. The standard InChI is InChI=1S/C29H31ClN6O9S2/c30-20-16(3-5-18(37)23(20)40)24(41)32-7-10-36(8-1-2-9-36)11-14-12-46-27-21(26(43)35(27)22(14)28(44)45)34-25(42)15(4-6-19(38)39)17-13-47-29(31)33-17/h3-5,13,21,27H,1-2,6-12H2,(H7-,31,32,33,34,37,38,39,40,41,42,44,45)/p+1/b15-4-/t21-,27-/m1/s1. The minimum atomic E-state index is -1.27. The molecule has 2 fully saturated rings. The summed E-state index contributed by atoms with van der Waals surface area (Å²) in [5.41, 5.74) is 6.24. The van der Waals surface area contributed by atoms with Gasteiger partial charge in [0.2, 0.25) is 0 Å². The van der Waals surface area contributed by atoms with Crippen LogP contribution in [-0.2, 0) is 19.2 Å². The summed E-state index contributed by atoms with van der Waals surface area (Å²) in [4.78, 5) is 68.3. The van der Waals surface area contributed by atoms with Gasteiger partial charge in [0.25, 0.3) is 17.7 Å². The largest absolute Gasteiger partial charge is 0.504 e. The fourth-order valence-electron chi connectivity index (χ4n) is 6.04. The number of anilines is 1. The number of quaternary nitrogens is 1. The molecule has 18 heteroatoms. The van der Waals surface area contributed by atoms with Crippen molar-refractivity contribution >= 4 is 75.1 Å². The van der Waals surface area contributed by atoms with Crippen LogP contribution in [0.4, 0.5) is 5.13 Å². The molecule has 1 aromatic carbocycles. The molecule has 0 bridgehead atoms. The van der Waals surface area contributed by atoms with Gasteiger partial charge in [-0.05, 0) is 12.1 Å². The number of likely N-dealkylation sites (tertiary alicyclic amines) is 1. The minimum absolute atomic E-state index is 0.00122. The van der Waals surface area contributed by atoms with Crippen molar-refractivity contribution in [2.45, 2.75) is 30.7 Å². The van der Waals surface area contributed by atoms with Gasteiger partial charge in [-0.2, -0.15) is 0 Å². The number of thiazole rings is 1. The smallest absolute Gasteiger partial charge is 0.352 e. The van der Waals surface area contributed by atoms with Crippen molar-refractivity contribution < 1.29 is 48.9 Å². The third-order valence-electron chi connectivity index (χ3n) is 8.31. The van der Waals surface area contributed by atoms with E-state index in [0.29, 0.717) is 28.9 Å². The molecule has 8 N–H and O–H groups in total. The average molecular weight is 708 g/mol. The van der Waals surface area contributed by atoms with Gasteiger partial charge in [-0.15, -0.1) is 23.1 Å². The summed E-state index contributed by atoms with van der Waals surface area (Å²) in [6.07, 6.45) is 2.52. The van der Waals surface area contributed by atoms with Crippen LogP contribution in [0.25, 0.3) is 5.57 Å². The van der Waals surface area contributed by atoms with Crippen LogP contribution >= 0.6 is 34.7 Å². The zero-order valence-electron chi connectivity index (χ0n) is 24.8. The number of aromatic nitrogens is 1. The molecule has 47 heavy (non-hydrogen) atoms. The number of fused-ring (bicyclic) bond motifs is 1. The highest BCUT2D eigenvalue weighted by Gasteiger charge is 2.55. The van der Waals surface area contributed by atoms with E-state index in [1.54, 1.807) is 0 Å². The number of phenolic OH excluding ortho intramolecular Hbond substituents is 2. The molecule has 15 nitrogen and oxygen atoms in total. The molecule has 0 saturated carbocycles. The number of benzene rings is 1. The molecule has 3 aliphatic rings. The lowest BCUT2D eigenvalue weighted by atomic mass is 10.0. The Morgan fingerprint density at radius 3 is 2.53 bits per heavy atom. The molecular weight excluding hydrogens is 676 g/mol. The third-order valence-corrected chi connectivity index (χ3v) is 10.7. The van der Waals surface area contributed by atoms with Gasteiger partial charge in [-0.3, -0.25) is 24.1 Å². The maximum absolute atomic E-state index is 13.3. The molecule has 0 radical (unpaired) electrons. The highest BCUT2D eigenvalue weighted by atomic mass is 35.5. The number of carbonyl (C=O) groups excluding carboxylic acids is 3. The Hall–Kier alpha value is -4.32. The zero-order chi connectivity index (χ0) is 34.0. The Kier molecular flexibility index (Phi) is 10.00. The Morgan fingerprint density at radius 1 is 1.17 bits per heavy atom. The number of carboxylic acids is 2. The number of amides is 3. The first-order valence-electron chi connectivity index (χ1n) is 14.5. The lowest BCUT2D eigenvalue weighted by molar-refractivity contribution is -0.911. The summed E-state index contributed by atoms with van der Waals surface area (Å²) in [5.74, 6) is -5.05. The first-order valence-corrected chi connectivity index (χ1v) is 16.8. The second kappa shape index (κ2) is 13.8. The number of nitrogens with zero attached hydrogens (tertiary/aromatic N) is 3. The van der Waals surface area contributed by atoms with Crippen LogP contribution in [0.3, 0.4) is 0 Å². The quantitative estimate of drug-likeness (QED) is 0.0719. The number of carbonyl (C=O) groups is 5. The third kappa shape index (κ3) is 7.02. The van der Waals surface area contributed by atoms with Gasteiger partial charge in [-0.25, -0.2) is 9.78 Å². The monoisotopic (exact) mass is 707 g/mol. The SMILES string of the molecule is Nc1nc(/C(=C/CC(=O)O)C(=O)N[C@@H]2C(=O)N3C(C(=O)O)=C(C[N+]4(CCNC(=O)c5ccc(O)c(O)c5Cl)CCCC4)CS[C@H]23)cs1. The topological polar surface area (TPSA) is 232 Å². The Labute approximate surface area is 281 Å². The molecule has 5 rings (SSSR count). The predicted molar refractivity (Wildman–Crippen MR) is 173 cm³/mol. The Bertz CT molecular complexity index is 1700. The summed E-state index contributed by atoms with van der Waals surface area (Å²) in [6, 6.07) is 1.43. The number of carboxylic acid groups (broad SMARTS) is 2. The zero-order valence-corrected chi connectivity index (χ0v) is 27.2. The number of phenols is 2. The number of rotatable bonds is 12. The van der Waals surface area contributed by atoms with Crippen molar-refractivity contribution in [3.8, 4) is 11.5 Å². The fourth-order valence-corrected chi connectivity index (χ4v) is 8.19. The summed E-state index contributed by atoms with van der Waals surface area (Å²) >= 11 is 8.42. The summed E-state index contributed by atoms with van der Waals surface area (Å²) in [6.45, 7) is 2.51. The first-order chi connectivity index (χ1) is 22.3. The molecule has 3 aliphatic heterocycles. The van der Waals surface area contributed by atoms with E-state index < -0.39 is 59.0 Å². The van der Waals surface area contributed by atoms with Crippen LogP contribution < -0.4 is 16.4 Å². The molecule has 1 aromatic heterocycles. The van der Waals surface area contributed by atoms with Crippen LogP contribution in [0.15, 0.2) is 34.9 Å². The molecular formula is C29H32ClN6O9S2+. The Balaban J connectivity index is 1.28. The van der Waals surface area contributed by atoms with Gasteiger partial charge >= 0.3 is 11.9 Å². The number of thioether (sulfide) groups is 1. The second-order valence-corrected chi connectivity index (χ2v) is 13.7. The molecule has 0 spiro atoms. The van der Waals surface area contributed by atoms with Gasteiger partial charge in [0.1, 0.15) is 23.7 Å². The van der Waals surface area contributed by atoms with Crippen LogP contribution in [0.1, 0.15) is 35.3 Å². The van der Waals surface area contributed by atoms with Crippen LogP contribution in [-0.4, -0.2) is 114 Å². The van der Waals surface area contributed by atoms with Gasteiger partial charge < -0.3 is 41.3 Å². The molecule has 2 atom stereocenters. The molecule has 0 unspecified atom stereocenters. The Morgan fingerprint density at radius 2 is 1.89 bits per heavy atom. The normalized spacial score (nSPS) is 20.4. The van der Waals surface area contributed by atoms with Gasteiger partial charge in [0, 0.05) is 29.5 Å². The van der Waals surface area contributed by atoms with Crippen molar-refractivity contribution in [2.24, 2.45) is 0 Å². The molecule has 250 valence electrons. The van der Waals surface area contributed by atoms with Crippen molar-refractivity contribution in [1.29, 1.82) is 0 Å². The van der Waals surface area contributed by atoms with Crippen molar-refractivity contribution in [3.05, 3.63) is 51.1 Å². The van der Waals surface area contributed by atoms with E-state index in [2.05, 4.69) is 15.6 Å². The number of hydrogen-bond acceptors (Lipinski definition) is 11. The minimum Gasteiger partial charge on any atom is -0.504 e. The van der Waals surface area contributed by atoms with Crippen molar-refractivity contribution in [2.75, 3.05) is 44.2 Å². The predicted octanol–water partition coefficient (Wildman–Crippen LogP) is 1.43. The average Bonchev–Trinajstić information content (AvgIpc) is 3.67. The molecule has 3 amide bonds. The fraction of sp³-hybridized carbons (Fsp3) is 0.379. The maximum Gasteiger partial charge on any atom is 0.352 e. The number of aliphatic carboxylic acids is 2. The molecule has 0 aliphatic carbocycles. The molecule has 2 aromatic rings. The van der Waals surface area contributed by atoms with E-state index >= 15 is 0 Å². The van der Waals surface area contributed by atoms with Crippen molar-refractivity contribution in [1.82, 2.24) is 20.5 Å². The summed E-state index contributed by atoms with van der Waals surface area (Å²) < 4.78 is 0.489. The van der Waals surface area contributed by atoms with E-state index in [4.69, 9.17) is 22.4 Å². The van der Waals surface area contributed by atoms with Gasteiger partial charge in [-0.1, -0.05) is 17.7 Å². The van der Waals surface area contributed by atoms with Crippen molar-refractivity contribution in [3.63, 3.8) is 0 Å². The summed E-state index contributed by atoms with van der Waals surface area (Å²) in [7, 11) is 0. The lowest BCUT2D eigenvalue weighted by Crippen LogP contribution is -2.71. The highest BCUT2D eigenvalue weighted by molar-refractivity contribution is 8.00. The number of nitrogens with two attached hydrogens (primary N) is 1. The first kappa shape index (κ1) is 34.0. The number of hydrogen-bond donors (Lipinski definition) is 7. The van der Waals surface area contributed by atoms with E-state index in [9.17, 15) is 39.3 Å². The van der Waals surface area contributed by atoms with E-state index in [-0.39, 0.29) is 39.2 Å². The van der Waals surface area contributed by atoms with Crippen LogP contribution in [0, 0.1) is 0 Å². The molecule has 2 saturated heterocycles. The summed E-state index contributed by atoms with van der Waals surface area (Å²) in [5, 5.41) is 45.0. The number of β-lactam (4-membered cyclic amide) rings is 1. The van der Waals surface area contributed by atoms with Gasteiger partial charge in [0.15, 0.2) is 16.6 Å². The second-order valence-electron chi connectivity index (χ2n) is 11.3. The number of aromatic hydroxyl groups is 2. The van der Waals surface area contributed by atoms with E-state index in [1.165, 1.54) is 34.2 Å². The van der Waals surface area contributed by atoms with E-state index in [1.807, 2.05) is 0 Å². The maximum atomic E-state index is 13.3. The number of nitrogen functional groups attached to an aromatic ring is 1. The molecule has 4 heterocycles. The highest BCUT2D eigenvalue weighted by Crippen LogP contribution is 2.42. The van der Waals surface area contributed by atoms with Gasteiger partial charge in [0.05, 0.1) is 54.5 Å².